The van der Waals surface area contributed by atoms with Crippen molar-refractivity contribution in [2.75, 3.05) is 30.5 Å². The average Bonchev–Trinajstić information content (AvgIpc) is 2.69. The zero-order valence-corrected chi connectivity index (χ0v) is 10.5. The summed E-state index contributed by atoms with van der Waals surface area (Å²) in [6.45, 7) is 0.0552. The quantitative estimate of drug-likeness (QED) is 0.805. The highest BCUT2D eigenvalue weighted by Crippen LogP contribution is 2.23. The minimum Gasteiger partial charge on any atom is -0.375 e. The van der Waals surface area contributed by atoms with Gasteiger partial charge in [-0.05, 0) is 18.2 Å². The van der Waals surface area contributed by atoms with Crippen LogP contribution in [0.1, 0.15) is 6.42 Å². The van der Waals surface area contributed by atoms with E-state index in [1.54, 1.807) is 24.3 Å². The molecule has 2 amide bonds. The van der Waals surface area contributed by atoms with E-state index >= 15 is 0 Å². The molecule has 6 heteroatoms. The highest BCUT2D eigenvalue weighted by molar-refractivity contribution is 6.15. The van der Waals surface area contributed by atoms with Gasteiger partial charge in [0.1, 0.15) is 6.61 Å². The Hall–Kier alpha value is -2.21. The number of benzene rings is 1. The van der Waals surface area contributed by atoms with E-state index in [2.05, 4.69) is 5.32 Å². The van der Waals surface area contributed by atoms with Crippen LogP contribution in [-0.4, -0.2) is 37.9 Å². The van der Waals surface area contributed by atoms with Gasteiger partial charge in [0.15, 0.2) is 5.78 Å². The fourth-order valence-corrected chi connectivity index (χ4v) is 1.90. The maximum atomic E-state index is 11.6. The Morgan fingerprint density at radius 3 is 2.84 bits per heavy atom. The van der Waals surface area contributed by atoms with E-state index < -0.39 is 0 Å². The number of Topliss-reactive ketones (excluding diaryl/α,β-unsaturated/α-hetero) is 1. The summed E-state index contributed by atoms with van der Waals surface area (Å²) in [7, 11) is 1.44. The van der Waals surface area contributed by atoms with Crippen molar-refractivity contribution in [1.29, 1.82) is 0 Å². The Bertz CT molecular complexity index is 527. The van der Waals surface area contributed by atoms with Crippen molar-refractivity contribution >= 4 is 29.0 Å². The van der Waals surface area contributed by atoms with Crippen LogP contribution in [0.3, 0.4) is 0 Å². The number of methoxy groups -OCH3 is 1. The lowest BCUT2D eigenvalue weighted by Crippen LogP contribution is -2.24. The zero-order chi connectivity index (χ0) is 13.8. The predicted octanol–water partition coefficient (Wildman–Crippen LogP) is 0.577. The van der Waals surface area contributed by atoms with Gasteiger partial charge in [0.05, 0.1) is 13.0 Å². The van der Waals surface area contributed by atoms with Crippen molar-refractivity contribution in [1.82, 2.24) is 0 Å². The molecule has 19 heavy (non-hydrogen) atoms. The Morgan fingerprint density at radius 2 is 2.21 bits per heavy atom. The largest absolute Gasteiger partial charge is 0.375 e. The summed E-state index contributed by atoms with van der Waals surface area (Å²) in [5.74, 6) is -0.590. The van der Waals surface area contributed by atoms with E-state index in [4.69, 9.17) is 4.74 Å². The van der Waals surface area contributed by atoms with Gasteiger partial charge >= 0.3 is 0 Å². The molecule has 2 rings (SSSR count). The van der Waals surface area contributed by atoms with Crippen LogP contribution >= 0.6 is 0 Å². The number of anilines is 2. The molecule has 1 aromatic carbocycles. The Balaban J connectivity index is 2.13. The number of hydrogen-bond donors (Lipinski definition) is 1. The van der Waals surface area contributed by atoms with E-state index in [0.717, 1.165) is 0 Å². The number of nitrogens with one attached hydrogen (secondary N) is 1. The molecule has 1 aliphatic rings. The van der Waals surface area contributed by atoms with E-state index in [-0.39, 0.29) is 37.2 Å². The molecule has 0 saturated carbocycles. The van der Waals surface area contributed by atoms with Gasteiger partial charge in [-0.1, -0.05) is 6.07 Å². The van der Waals surface area contributed by atoms with Gasteiger partial charge in [-0.2, -0.15) is 0 Å². The number of ketones is 1. The van der Waals surface area contributed by atoms with Crippen LogP contribution in [0.5, 0.6) is 0 Å². The van der Waals surface area contributed by atoms with Crippen LogP contribution in [0.4, 0.5) is 11.4 Å². The third-order valence-corrected chi connectivity index (χ3v) is 2.70. The molecule has 100 valence electrons. The van der Waals surface area contributed by atoms with Crippen molar-refractivity contribution in [2.24, 2.45) is 0 Å². The third-order valence-electron chi connectivity index (χ3n) is 2.70. The summed E-state index contributed by atoms with van der Waals surface area (Å²) in [6.07, 6.45) is -0.0553. The molecule has 1 aromatic rings. The number of ether oxygens (including phenoxy) is 1. The van der Waals surface area contributed by atoms with Gasteiger partial charge in [0.2, 0.25) is 11.8 Å². The van der Waals surface area contributed by atoms with Gasteiger partial charge < -0.3 is 15.0 Å². The first kappa shape index (κ1) is 13.2. The van der Waals surface area contributed by atoms with Gasteiger partial charge in [0, 0.05) is 18.5 Å². The van der Waals surface area contributed by atoms with E-state index in [0.29, 0.717) is 11.4 Å². The minimum absolute atomic E-state index is 0.0364. The average molecular weight is 262 g/mol. The summed E-state index contributed by atoms with van der Waals surface area (Å²) in [5, 5.41) is 2.65. The van der Waals surface area contributed by atoms with E-state index in [1.807, 2.05) is 0 Å². The first-order valence-corrected chi connectivity index (χ1v) is 5.81. The summed E-state index contributed by atoms with van der Waals surface area (Å²) in [6, 6.07) is 6.81. The summed E-state index contributed by atoms with van der Waals surface area (Å²) in [4.78, 5) is 35.7. The standard InChI is InChI=1S/C13H14N2O4/c1-19-8-12(17)14-9-3-2-4-10(5-9)15-7-11(16)6-13(15)18/h2-5H,6-8H2,1H3,(H,14,17). The van der Waals surface area contributed by atoms with Crippen LogP contribution in [-0.2, 0) is 19.1 Å². The fraction of sp³-hybridized carbons (Fsp3) is 0.308. The molecule has 0 aliphatic carbocycles. The highest BCUT2D eigenvalue weighted by Gasteiger charge is 2.28. The number of amides is 2. The summed E-state index contributed by atoms with van der Waals surface area (Å²) in [5.41, 5.74) is 1.16. The van der Waals surface area contributed by atoms with Crippen molar-refractivity contribution in [3.63, 3.8) is 0 Å². The Morgan fingerprint density at radius 1 is 1.42 bits per heavy atom. The topological polar surface area (TPSA) is 75.7 Å². The molecule has 0 bridgehead atoms. The van der Waals surface area contributed by atoms with E-state index in [1.165, 1.54) is 12.0 Å². The smallest absolute Gasteiger partial charge is 0.250 e. The predicted molar refractivity (Wildman–Crippen MR) is 68.9 cm³/mol. The second-order valence-corrected chi connectivity index (χ2v) is 4.23. The fourth-order valence-electron chi connectivity index (χ4n) is 1.90. The molecule has 0 spiro atoms. The number of nitrogens with zero attached hydrogens (tertiary/aromatic N) is 1. The van der Waals surface area contributed by atoms with Crippen molar-refractivity contribution < 1.29 is 19.1 Å². The molecule has 0 unspecified atom stereocenters. The summed E-state index contributed by atoms with van der Waals surface area (Å²) < 4.78 is 4.72. The van der Waals surface area contributed by atoms with Crippen LogP contribution in [0.25, 0.3) is 0 Å². The molecular formula is C13H14N2O4. The third kappa shape index (κ3) is 3.17. The lowest BCUT2D eigenvalue weighted by molar-refractivity contribution is -0.121. The normalized spacial score (nSPS) is 14.9. The highest BCUT2D eigenvalue weighted by atomic mass is 16.5. The molecule has 0 radical (unpaired) electrons. The SMILES string of the molecule is COCC(=O)Nc1cccc(N2CC(=O)CC2=O)c1. The molecule has 1 heterocycles. The van der Waals surface area contributed by atoms with Crippen LogP contribution in [0.15, 0.2) is 24.3 Å². The van der Waals surface area contributed by atoms with Crippen molar-refractivity contribution in [3.05, 3.63) is 24.3 Å². The number of rotatable bonds is 4. The van der Waals surface area contributed by atoms with Crippen molar-refractivity contribution in [2.45, 2.75) is 6.42 Å². The Labute approximate surface area is 110 Å². The molecule has 1 N–H and O–H groups in total. The van der Waals surface area contributed by atoms with Gasteiger partial charge in [-0.15, -0.1) is 0 Å². The maximum Gasteiger partial charge on any atom is 0.250 e. The maximum absolute atomic E-state index is 11.6. The molecule has 0 atom stereocenters. The first-order valence-electron chi connectivity index (χ1n) is 5.81. The molecular weight excluding hydrogens is 248 g/mol. The van der Waals surface area contributed by atoms with Gasteiger partial charge in [0.25, 0.3) is 0 Å². The summed E-state index contributed by atoms with van der Waals surface area (Å²) >= 11 is 0. The molecule has 1 fully saturated rings. The minimum atomic E-state index is -0.275. The zero-order valence-electron chi connectivity index (χ0n) is 10.5. The Kier molecular flexibility index (Phi) is 3.91. The van der Waals surface area contributed by atoms with Gasteiger partial charge in [-0.3, -0.25) is 14.4 Å². The first-order chi connectivity index (χ1) is 9.10. The lowest BCUT2D eigenvalue weighted by Gasteiger charge is -2.15. The second-order valence-electron chi connectivity index (χ2n) is 4.23. The van der Waals surface area contributed by atoms with Crippen LogP contribution in [0.2, 0.25) is 0 Å². The van der Waals surface area contributed by atoms with Gasteiger partial charge in [-0.25, -0.2) is 0 Å². The monoisotopic (exact) mass is 262 g/mol. The van der Waals surface area contributed by atoms with Crippen LogP contribution in [0, 0.1) is 0 Å². The number of carbonyl (C=O) groups is 3. The van der Waals surface area contributed by atoms with Crippen molar-refractivity contribution in [3.8, 4) is 0 Å². The molecule has 6 nitrogen and oxygen atoms in total. The van der Waals surface area contributed by atoms with E-state index in [9.17, 15) is 14.4 Å². The number of carbonyl (C=O) groups excluding carboxylic acids is 3. The lowest BCUT2D eigenvalue weighted by atomic mass is 10.2. The number of hydrogen-bond acceptors (Lipinski definition) is 4. The second kappa shape index (κ2) is 5.62. The molecule has 1 saturated heterocycles. The van der Waals surface area contributed by atoms with Crippen LogP contribution < -0.4 is 10.2 Å². The molecule has 0 aromatic heterocycles. The molecule has 1 aliphatic heterocycles.